The van der Waals surface area contributed by atoms with Gasteiger partial charge in [-0.15, -0.1) is 0 Å². The highest BCUT2D eigenvalue weighted by atomic mass is 32.1. The summed E-state index contributed by atoms with van der Waals surface area (Å²) in [5.41, 5.74) is 0. The first-order valence-electron chi connectivity index (χ1n) is 5.96. The highest BCUT2D eigenvalue weighted by Crippen LogP contribution is 2.11. The fourth-order valence-corrected chi connectivity index (χ4v) is 2.35. The maximum absolute atomic E-state index is 4.19. The number of thiol groups is 1. The monoisotopic (exact) mass is 228 g/mol. The Morgan fingerprint density at radius 1 is 1.33 bits per heavy atom. The molecule has 2 nitrogen and oxygen atoms in total. The van der Waals surface area contributed by atoms with E-state index < -0.39 is 0 Å². The van der Waals surface area contributed by atoms with Crippen LogP contribution in [0.4, 0.5) is 0 Å². The molecule has 88 valence electrons. The van der Waals surface area contributed by atoms with Gasteiger partial charge in [0.15, 0.2) is 0 Å². The van der Waals surface area contributed by atoms with Gasteiger partial charge in [0, 0.05) is 31.4 Å². The summed E-state index contributed by atoms with van der Waals surface area (Å²) in [6.07, 6.45) is 6.94. The van der Waals surface area contributed by atoms with Gasteiger partial charge in [0.2, 0.25) is 0 Å². The van der Waals surface area contributed by atoms with E-state index in [0.717, 1.165) is 18.3 Å². The lowest BCUT2D eigenvalue weighted by atomic mass is 10.2. The van der Waals surface area contributed by atoms with Gasteiger partial charge in [0.25, 0.3) is 0 Å². The van der Waals surface area contributed by atoms with Crippen LogP contribution in [0.15, 0.2) is 12.2 Å². The Labute approximate surface area is 99.7 Å². The predicted octanol–water partition coefficient (Wildman–Crippen LogP) is 1.89. The number of hydrogen-bond donors (Lipinski definition) is 1. The number of rotatable bonds is 4. The van der Waals surface area contributed by atoms with E-state index in [1.165, 1.54) is 32.5 Å². The highest BCUT2D eigenvalue weighted by Gasteiger charge is 2.20. The van der Waals surface area contributed by atoms with Crippen LogP contribution in [-0.2, 0) is 0 Å². The second kappa shape index (κ2) is 7.31. The van der Waals surface area contributed by atoms with Crippen LogP contribution in [0.25, 0.3) is 0 Å². The molecule has 1 rings (SSSR count). The van der Waals surface area contributed by atoms with E-state index >= 15 is 0 Å². The van der Waals surface area contributed by atoms with E-state index in [2.05, 4.69) is 48.6 Å². The average Bonchev–Trinajstić information content (AvgIpc) is 2.41. The molecule has 0 radical (unpaired) electrons. The standard InChI is InChI=1S/C12H24N2S/c1-3-12-11-13(2)7-6-9-14(12)8-4-5-10-15/h4-5,12,15H,3,6-11H2,1-2H3/b5-4+. The molecule has 0 spiro atoms. The lowest BCUT2D eigenvalue weighted by Crippen LogP contribution is -2.39. The molecular weight excluding hydrogens is 204 g/mol. The molecule has 1 fully saturated rings. The van der Waals surface area contributed by atoms with Crippen LogP contribution < -0.4 is 0 Å². The summed E-state index contributed by atoms with van der Waals surface area (Å²) in [4.78, 5) is 5.06. The second-order valence-corrected chi connectivity index (χ2v) is 4.69. The molecule has 0 aliphatic carbocycles. The van der Waals surface area contributed by atoms with E-state index in [4.69, 9.17) is 0 Å². The van der Waals surface area contributed by atoms with Crippen molar-refractivity contribution in [2.24, 2.45) is 0 Å². The summed E-state index contributed by atoms with van der Waals surface area (Å²) in [6.45, 7) is 7.07. The minimum absolute atomic E-state index is 0.724. The molecule has 0 bridgehead atoms. The van der Waals surface area contributed by atoms with Crippen LogP contribution in [0.5, 0.6) is 0 Å². The van der Waals surface area contributed by atoms with Crippen LogP contribution in [0.3, 0.4) is 0 Å². The third-order valence-electron chi connectivity index (χ3n) is 3.11. The summed E-state index contributed by atoms with van der Waals surface area (Å²) < 4.78 is 0. The molecule has 0 aromatic carbocycles. The molecule has 1 unspecified atom stereocenters. The fraction of sp³-hybridized carbons (Fsp3) is 0.833. The van der Waals surface area contributed by atoms with Gasteiger partial charge < -0.3 is 4.90 Å². The molecule has 1 atom stereocenters. The zero-order chi connectivity index (χ0) is 11.1. The largest absolute Gasteiger partial charge is 0.305 e. The van der Waals surface area contributed by atoms with Crippen molar-refractivity contribution in [2.75, 3.05) is 39.0 Å². The number of likely N-dealkylation sites (N-methyl/N-ethyl adjacent to an activating group) is 1. The lowest BCUT2D eigenvalue weighted by molar-refractivity contribution is 0.201. The Bertz CT molecular complexity index is 194. The minimum Gasteiger partial charge on any atom is -0.305 e. The molecular formula is C12H24N2S. The van der Waals surface area contributed by atoms with Crippen molar-refractivity contribution in [3.63, 3.8) is 0 Å². The summed E-state index contributed by atoms with van der Waals surface area (Å²) in [6, 6.07) is 0.724. The van der Waals surface area contributed by atoms with Crippen LogP contribution in [-0.4, -0.2) is 54.8 Å². The normalized spacial score (nSPS) is 25.9. The average molecular weight is 228 g/mol. The maximum atomic E-state index is 4.19. The van der Waals surface area contributed by atoms with Gasteiger partial charge in [-0.25, -0.2) is 0 Å². The summed E-state index contributed by atoms with van der Waals surface area (Å²) in [7, 11) is 2.23. The van der Waals surface area contributed by atoms with Crippen LogP contribution in [0.1, 0.15) is 19.8 Å². The van der Waals surface area contributed by atoms with Crippen LogP contribution in [0.2, 0.25) is 0 Å². The van der Waals surface area contributed by atoms with E-state index in [9.17, 15) is 0 Å². The zero-order valence-corrected chi connectivity index (χ0v) is 10.9. The first kappa shape index (κ1) is 13.1. The van der Waals surface area contributed by atoms with Crippen molar-refractivity contribution in [1.29, 1.82) is 0 Å². The molecule has 0 N–H and O–H groups in total. The number of hydrogen-bond acceptors (Lipinski definition) is 3. The number of nitrogens with zero attached hydrogens (tertiary/aromatic N) is 2. The van der Waals surface area contributed by atoms with Gasteiger partial charge >= 0.3 is 0 Å². The van der Waals surface area contributed by atoms with Gasteiger partial charge in [-0.2, -0.15) is 12.6 Å². The highest BCUT2D eigenvalue weighted by molar-refractivity contribution is 7.80. The Kier molecular flexibility index (Phi) is 6.37. The van der Waals surface area contributed by atoms with Crippen LogP contribution in [0, 0.1) is 0 Å². The van der Waals surface area contributed by atoms with Crippen molar-refractivity contribution in [2.45, 2.75) is 25.8 Å². The third-order valence-corrected chi connectivity index (χ3v) is 3.32. The Morgan fingerprint density at radius 2 is 2.13 bits per heavy atom. The second-order valence-electron chi connectivity index (χ2n) is 4.33. The molecule has 0 aromatic rings. The summed E-state index contributed by atoms with van der Waals surface area (Å²) in [5, 5.41) is 0. The quantitative estimate of drug-likeness (QED) is 0.580. The van der Waals surface area contributed by atoms with Gasteiger partial charge in [-0.3, -0.25) is 4.90 Å². The first-order valence-corrected chi connectivity index (χ1v) is 6.59. The van der Waals surface area contributed by atoms with Gasteiger partial charge in [-0.1, -0.05) is 19.1 Å². The van der Waals surface area contributed by atoms with E-state index in [1.54, 1.807) is 0 Å². The van der Waals surface area contributed by atoms with Gasteiger partial charge in [-0.05, 0) is 26.4 Å². The van der Waals surface area contributed by atoms with Crippen LogP contribution >= 0.6 is 12.6 Å². The first-order chi connectivity index (χ1) is 7.27. The molecule has 0 aromatic heterocycles. The summed E-state index contributed by atoms with van der Waals surface area (Å²) in [5.74, 6) is 0.852. The Balaban J connectivity index is 2.47. The SMILES string of the molecule is CCC1CN(C)CCCN1C/C=C/CS. The topological polar surface area (TPSA) is 6.48 Å². The molecule has 1 aliphatic heterocycles. The fourth-order valence-electron chi connectivity index (χ4n) is 2.20. The van der Waals surface area contributed by atoms with Crippen molar-refractivity contribution < 1.29 is 0 Å². The maximum Gasteiger partial charge on any atom is 0.0223 e. The molecule has 0 saturated carbocycles. The molecule has 1 saturated heterocycles. The van der Waals surface area contributed by atoms with Crippen molar-refractivity contribution in [3.05, 3.63) is 12.2 Å². The summed E-state index contributed by atoms with van der Waals surface area (Å²) >= 11 is 4.19. The van der Waals surface area contributed by atoms with Crippen molar-refractivity contribution in [3.8, 4) is 0 Å². The van der Waals surface area contributed by atoms with Crippen molar-refractivity contribution >= 4 is 12.6 Å². The Hall–Kier alpha value is 0.01000. The zero-order valence-electron chi connectivity index (χ0n) is 10.0. The van der Waals surface area contributed by atoms with E-state index in [-0.39, 0.29) is 0 Å². The molecule has 1 aliphatic rings. The molecule has 3 heteroatoms. The van der Waals surface area contributed by atoms with E-state index in [0.29, 0.717) is 0 Å². The van der Waals surface area contributed by atoms with Gasteiger partial charge in [0.05, 0.1) is 0 Å². The third kappa shape index (κ3) is 4.58. The Morgan fingerprint density at radius 3 is 2.80 bits per heavy atom. The molecule has 1 heterocycles. The van der Waals surface area contributed by atoms with E-state index in [1.807, 2.05) is 0 Å². The molecule has 0 amide bonds. The lowest BCUT2D eigenvalue weighted by Gasteiger charge is -2.29. The van der Waals surface area contributed by atoms with Gasteiger partial charge in [0.1, 0.15) is 0 Å². The predicted molar refractivity (Wildman–Crippen MR) is 70.8 cm³/mol. The van der Waals surface area contributed by atoms with Crippen molar-refractivity contribution in [1.82, 2.24) is 9.80 Å². The molecule has 15 heavy (non-hydrogen) atoms. The smallest absolute Gasteiger partial charge is 0.0223 e. The minimum atomic E-state index is 0.724.